The summed E-state index contributed by atoms with van der Waals surface area (Å²) in [4.78, 5) is 14.9. The van der Waals surface area contributed by atoms with Gasteiger partial charge in [0.25, 0.3) is 0 Å². The van der Waals surface area contributed by atoms with Crippen molar-refractivity contribution in [2.24, 2.45) is 0 Å². The van der Waals surface area contributed by atoms with Crippen LogP contribution in [-0.2, 0) is 4.79 Å². The maximum absolute atomic E-state index is 13.0. The Morgan fingerprint density at radius 2 is 1.75 bits per heavy atom. The van der Waals surface area contributed by atoms with Gasteiger partial charge >= 0.3 is 0 Å². The molecule has 3 aromatic carbocycles. The van der Waals surface area contributed by atoms with Crippen LogP contribution < -0.4 is 15.0 Å². The summed E-state index contributed by atoms with van der Waals surface area (Å²) in [5.41, 5.74) is 1.73. The number of benzene rings is 3. The summed E-state index contributed by atoms with van der Waals surface area (Å²) in [5.74, 6) is 0.378. The van der Waals surface area contributed by atoms with Gasteiger partial charge in [0.15, 0.2) is 0 Å². The normalized spacial score (nSPS) is 18.6. The molecule has 0 saturated carbocycles. The number of aliphatic hydroxyl groups is 1. The van der Waals surface area contributed by atoms with Crippen molar-refractivity contribution in [3.63, 3.8) is 0 Å². The number of para-hydroxylation sites is 2. The topological polar surface area (TPSA) is 85.6 Å². The van der Waals surface area contributed by atoms with E-state index in [1.807, 2.05) is 79.4 Å². The van der Waals surface area contributed by atoms with Gasteiger partial charge in [-0.15, -0.1) is 0 Å². The van der Waals surface area contributed by atoms with Crippen molar-refractivity contribution in [2.45, 2.75) is 31.6 Å². The third-order valence-corrected chi connectivity index (χ3v) is 5.64. The van der Waals surface area contributed by atoms with Crippen LogP contribution in [0.4, 0.5) is 11.4 Å². The molecule has 0 spiro atoms. The highest BCUT2D eigenvalue weighted by Gasteiger charge is 2.46. The molecule has 4 rings (SSSR count). The molecular weight excluding hydrogens is 402 g/mol. The van der Waals surface area contributed by atoms with Crippen molar-refractivity contribution in [2.75, 3.05) is 16.8 Å². The lowest BCUT2D eigenvalue weighted by Crippen LogP contribution is -2.54. The van der Waals surface area contributed by atoms with Gasteiger partial charge in [-0.05, 0) is 56.3 Å². The van der Waals surface area contributed by atoms with Crippen LogP contribution >= 0.6 is 0 Å². The van der Waals surface area contributed by atoms with Crippen molar-refractivity contribution in [3.8, 4) is 11.8 Å². The summed E-state index contributed by atoms with van der Waals surface area (Å²) in [5, 5.41) is 23.7. The second kappa shape index (κ2) is 8.74. The molecule has 1 amide bonds. The van der Waals surface area contributed by atoms with E-state index >= 15 is 0 Å². The molecule has 0 radical (unpaired) electrons. The SMILES string of the molecule is CC1(C)Oc2ccc(C#N)cc2C(N(CC(=O)Nc2ccccc2)c2ccccc2)C1O. The fourth-order valence-corrected chi connectivity index (χ4v) is 4.02. The first kappa shape index (κ1) is 21.4. The number of nitriles is 1. The van der Waals surface area contributed by atoms with Crippen molar-refractivity contribution in [1.82, 2.24) is 0 Å². The number of carbonyl (C=O) groups excluding carboxylic acids is 1. The van der Waals surface area contributed by atoms with Gasteiger partial charge in [0, 0.05) is 16.9 Å². The first-order valence-corrected chi connectivity index (χ1v) is 10.5. The number of nitrogens with zero attached hydrogens (tertiary/aromatic N) is 2. The largest absolute Gasteiger partial charge is 0.485 e. The lowest BCUT2D eigenvalue weighted by molar-refractivity contribution is -0.115. The van der Waals surface area contributed by atoms with Crippen LogP contribution in [-0.4, -0.2) is 29.3 Å². The number of hydrogen-bond acceptors (Lipinski definition) is 5. The minimum atomic E-state index is -0.950. The molecule has 0 aliphatic carbocycles. The van der Waals surface area contributed by atoms with Crippen LogP contribution in [0.25, 0.3) is 0 Å². The number of amides is 1. The van der Waals surface area contributed by atoms with Crippen molar-refractivity contribution in [1.29, 1.82) is 5.26 Å². The number of ether oxygens (including phenoxy) is 1. The van der Waals surface area contributed by atoms with Gasteiger partial charge in [-0.2, -0.15) is 5.26 Å². The van der Waals surface area contributed by atoms with Gasteiger partial charge in [0.05, 0.1) is 24.2 Å². The van der Waals surface area contributed by atoms with E-state index in [0.29, 0.717) is 22.6 Å². The molecule has 6 heteroatoms. The highest BCUT2D eigenvalue weighted by Crippen LogP contribution is 2.44. The fourth-order valence-electron chi connectivity index (χ4n) is 4.02. The zero-order valence-corrected chi connectivity index (χ0v) is 18.0. The maximum atomic E-state index is 13.0. The lowest BCUT2D eigenvalue weighted by Gasteiger charge is -2.47. The van der Waals surface area contributed by atoms with Gasteiger partial charge in [-0.3, -0.25) is 4.79 Å². The molecule has 0 fully saturated rings. The highest BCUT2D eigenvalue weighted by atomic mass is 16.5. The first-order chi connectivity index (χ1) is 15.4. The number of rotatable bonds is 5. The van der Waals surface area contributed by atoms with Gasteiger partial charge in [0.2, 0.25) is 5.91 Å². The molecule has 1 aliphatic rings. The highest BCUT2D eigenvalue weighted by molar-refractivity contribution is 5.94. The summed E-state index contributed by atoms with van der Waals surface area (Å²) in [6, 6.07) is 25.5. The zero-order chi connectivity index (χ0) is 22.7. The van der Waals surface area contributed by atoms with Crippen LogP contribution in [0.5, 0.6) is 5.75 Å². The standard InChI is InChI=1S/C26H25N3O3/c1-26(2)25(31)24(21-15-18(16-27)13-14-22(21)32-26)29(20-11-7-4-8-12-20)17-23(30)28-19-9-5-3-6-10-19/h3-15,24-25,31H,17H2,1-2H3,(H,28,30). The molecule has 6 nitrogen and oxygen atoms in total. The van der Waals surface area contributed by atoms with Gasteiger partial charge in [-0.1, -0.05) is 36.4 Å². The lowest BCUT2D eigenvalue weighted by atomic mass is 9.84. The Balaban J connectivity index is 1.76. The number of anilines is 2. The first-order valence-electron chi connectivity index (χ1n) is 10.5. The van der Waals surface area contributed by atoms with E-state index in [2.05, 4.69) is 11.4 Å². The second-order valence-corrected chi connectivity index (χ2v) is 8.34. The fraction of sp³-hybridized carbons (Fsp3) is 0.231. The summed E-state index contributed by atoms with van der Waals surface area (Å²) in [6.45, 7) is 3.64. The zero-order valence-electron chi connectivity index (χ0n) is 18.0. The number of hydrogen-bond donors (Lipinski definition) is 2. The summed E-state index contributed by atoms with van der Waals surface area (Å²) < 4.78 is 6.06. The van der Waals surface area contributed by atoms with E-state index in [4.69, 9.17) is 4.74 Å². The molecule has 32 heavy (non-hydrogen) atoms. The Kier molecular flexibility index (Phi) is 5.85. The second-order valence-electron chi connectivity index (χ2n) is 8.34. The van der Waals surface area contributed by atoms with Crippen molar-refractivity contribution < 1.29 is 14.6 Å². The van der Waals surface area contributed by atoms with E-state index in [-0.39, 0.29) is 12.5 Å². The molecule has 1 heterocycles. The summed E-state index contributed by atoms with van der Waals surface area (Å²) >= 11 is 0. The number of fused-ring (bicyclic) bond motifs is 1. The Labute approximate surface area is 187 Å². The quantitative estimate of drug-likeness (QED) is 0.635. The third-order valence-electron chi connectivity index (χ3n) is 5.64. The van der Waals surface area contributed by atoms with Crippen LogP contribution in [0, 0.1) is 11.3 Å². The smallest absolute Gasteiger partial charge is 0.243 e. The van der Waals surface area contributed by atoms with E-state index in [0.717, 1.165) is 5.69 Å². The molecule has 0 saturated heterocycles. The van der Waals surface area contributed by atoms with E-state index in [1.165, 1.54) is 0 Å². The third kappa shape index (κ3) is 4.29. The molecule has 0 bridgehead atoms. The number of carbonyl (C=O) groups is 1. The summed E-state index contributed by atoms with van der Waals surface area (Å²) in [7, 11) is 0. The molecule has 2 unspecified atom stereocenters. The maximum Gasteiger partial charge on any atom is 0.243 e. The predicted molar refractivity (Wildman–Crippen MR) is 123 cm³/mol. The Morgan fingerprint density at radius 3 is 2.41 bits per heavy atom. The minimum Gasteiger partial charge on any atom is -0.485 e. The molecule has 2 N–H and O–H groups in total. The average molecular weight is 428 g/mol. The molecule has 0 aromatic heterocycles. The van der Waals surface area contributed by atoms with Gasteiger partial charge in [-0.25, -0.2) is 0 Å². The summed E-state index contributed by atoms with van der Waals surface area (Å²) in [6.07, 6.45) is -0.950. The van der Waals surface area contributed by atoms with Crippen molar-refractivity contribution in [3.05, 3.63) is 90.0 Å². The Morgan fingerprint density at radius 1 is 1.09 bits per heavy atom. The number of nitrogens with one attached hydrogen (secondary N) is 1. The number of aliphatic hydroxyl groups excluding tert-OH is 1. The van der Waals surface area contributed by atoms with Gasteiger partial charge < -0.3 is 20.1 Å². The van der Waals surface area contributed by atoms with Crippen LogP contribution in [0.15, 0.2) is 78.9 Å². The average Bonchev–Trinajstić information content (AvgIpc) is 2.80. The Hall–Kier alpha value is -3.82. The van der Waals surface area contributed by atoms with Crippen LogP contribution in [0.2, 0.25) is 0 Å². The monoisotopic (exact) mass is 427 g/mol. The molecule has 3 aromatic rings. The van der Waals surface area contributed by atoms with Crippen LogP contribution in [0.3, 0.4) is 0 Å². The molecular formula is C26H25N3O3. The van der Waals surface area contributed by atoms with E-state index < -0.39 is 17.7 Å². The predicted octanol–water partition coefficient (Wildman–Crippen LogP) is 4.28. The van der Waals surface area contributed by atoms with Gasteiger partial charge in [0.1, 0.15) is 17.5 Å². The molecule has 2 atom stereocenters. The van der Waals surface area contributed by atoms with E-state index in [1.54, 1.807) is 18.2 Å². The van der Waals surface area contributed by atoms with Crippen molar-refractivity contribution >= 4 is 17.3 Å². The Bertz CT molecular complexity index is 1140. The van der Waals surface area contributed by atoms with E-state index in [9.17, 15) is 15.2 Å². The minimum absolute atomic E-state index is 0.00688. The molecule has 1 aliphatic heterocycles. The molecule has 162 valence electrons. The van der Waals surface area contributed by atoms with Crippen LogP contribution in [0.1, 0.15) is 31.0 Å².